The summed E-state index contributed by atoms with van der Waals surface area (Å²) in [7, 11) is 0. The Hall–Kier alpha value is -2.31. The van der Waals surface area contributed by atoms with E-state index in [-0.39, 0.29) is 35.6 Å². The van der Waals surface area contributed by atoms with Crippen LogP contribution in [0.25, 0.3) is 16.7 Å². The number of halogens is 2. The zero-order chi connectivity index (χ0) is 30.5. The monoisotopic (exact) mass is 698 g/mol. The van der Waals surface area contributed by atoms with Crippen molar-refractivity contribution in [3.8, 4) is 11.1 Å². The van der Waals surface area contributed by atoms with E-state index < -0.39 is 0 Å². The van der Waals surface area contributed by atoms with Crippen LogP contribution < -0.4 is 0 Å². The first-order valence-corrected chi connectivity index (χ1v) is 16.2. The Bertz CT molecular complexity index is 1520. The van der Waals surface area contributed by atoms with Crippen LogP contribution in [0.15, 0.2) is 103 Å². The van der Waals surface area contributed by atoms with E-state index >= 15 is 0 Å². The molecule has 3 heteroatoms. The van der Waals surface area contributed by atoms with E-state index in [0.29, 0.717) is 5.92 Å². The molecular formula is C41H46Cl2Zr. The van der Waals surface area contributed by atoms with Gasteiger partial charge in [-0.3, -0.25) is 6.08 Å². The summed E-state index contributed by atoms with van der Waals surface area (Å²) < 4.78 is 1.46. The molecule has 4 aromatic rings. The van der Waals surface area contributed by atoms with Gasteiger partial charge in [0, 0.05) is 0 Å². The second-order valence-corrected chi connectivity index (χ2v) is 15.2. The minimum Gasteiger partial charge on any atom is -0.147 e. The molecule has 6 rings (SSSR count). The fraction of sp³-hybridized carbons (Fsp3) is 0.293. The van der Waals surface area contributed by atoms with Crippen LogP contribution in [0.4, 0.5) is 0 Å². The second kappa shape index (κ2) is 16.3. The molecule has 0 heterocycles. The number of rotatable bonds is 2. The van der Waals surface area contributed by atoms with Gasteiger partial charge in [-0.1, -0.05) is 108 Å². The van der Waals surface area contributed by atoms with Crippen LogP contribution in [-0.4, -0.2) is 3.21 Å². The zero-order valence-electron chi connectivity index (χ0n) is 27.4. The predicted molar refractivity (Wildman–Crippen MR) is 193 cm³/mol. The van der Waals surface area contributed by atoms with Crippen LogP contribution in [0.3, 0.4) is 0 Å². The molecule has 228 valence electrons. The zero-order valence-corrected chi connectivity index (χ0v) is 31.5. The first kappa shape index (κ1) is 37.9. The first-order valence-electron chi connectivity index (χ1n) is 15.0. The molecule has 0 N–H and O–H groups in total. The Labute approximate surface area is 294 Å². The minimum atomic E-state index is 0. The molecule has 0 saturated carbocycles. The summed E-state index contributed by atoms with van der Waals surface area (Å²) in [4.78, 5) is 0. The van der Waals surface area contributed by atoms with Gasteiger partial charge in [0.25, 0.3) is 0 Å². The minimum absolute atomic E-state index is 0. The molecule has 0 nitrogen and oxygen atoms in total. The first-order chi connectivity index (χ1) is 19.8. The van der Waals surface area contributed by atoms with Gasteiger partial charge in [0.05, 0.1) is 0 Å². The van der Waals surface area contributed by atoms with Gasteiger partial charge >= 0.3 is 70.3 Å². The van der Waals surface area contributed by atoms with E-state index in [4.69, 9.17) is 0 Å². The summed E-state index contributed by atoms with van der Waals surface area (Å²) in [6, 6.07) is 36.1. The summed E-state index contributed by atoms with van der Waals surface area (Å²) in [5, 5.41) is 0. The summed E-state index contributed by atoms with van der Waals surface area (Å²) in [6.45, 7) is 17.9. The second-order valence-electron chi connectivity index (χ2n) is 13.4. The van der Waals surface area contributed by atoms with E-state index in [1.54, 1.807) is 0 Å². The van der Waals surface area contributed by atoms with Crippen molar-refractivity contribution >= 4 is 33.6 Å². The van der Waals surface area contributed by atoms with Gasteiger partial charge < -0.3 is 0 Å². The molecule has 0 aliphatic heterocycles. The maximum atomic E-state index is 3.67. The van der Waals surface area contributed by atoms with E-state index in [9.17, 15) is 0 Å². The van der Waals surface area contributed by atoms with Crippen molar-refractivity contribution in [2.75, 3.05) is 0 Å². The van der Waals surface area contributed by atoms with Crippen molar-refractivity contribution in [1.29, 1.82) is 0 Å². The molecule has 44 heavy (non-hydrogen) atoms. The van der Waals surface area contributed by atoms with Crippen LogP contribution in [0, 0.1) is 18.1 Å². The maximum absolute atomic E-state index is 3.67. The summed E-state index contributed by atoms with van der Waals surface area (Å²) in [5.74, 6) is 0.472. The molecule has 0 radical (unpaired) electrons. The Morgan fingerprint density at radius 3 is 1.84 bits per heavy atom. The Kier molecular flexibility index (Phi) is 14.0. The van der Waals surface area contributed by atoms with Crippen molar-refractivity contribution in [2.45, 2.75) is 72.6 Å². The molecule has 2 aliphatic carbocycles. The van der Waals surface area contributed by atoms with Crippen LogP contribution in [0.5, 0.6) is 0 Å². The van der Waals surface area contributed by atoms with Gasteiger partial charge in [-0.25, -0.2) is 6.08 Å². The number of hydrogen-bond acceptors (Lipinski definition) is 0. The standard InChI is InChI=1S/C21H25.C12H11.C8H8.2ClH.Zr/c1-20(2,3)16-7-9-18-14(12-16)11-15-13-17(21(4,5)6)8-10-19(15)18;1-10-7-8-12(9-10)11-5-3-2-4-6-11;1-2-8-6-4-3-5-7-8;;;/h7-10,12H,11H2,1-6H3;2-6,8-10H,1H3;3-7H,1H3;2*1H;/q2*-1;;;;+2. The van der Waals surface area contributed by atoms with Crippen molar-refractivity contribution in [2.24, 2.45) is 5.92 Å². The van der Waals surface area contributed by atoms with E-state index in [2.05, 4.69) is 159 Å². The van der Waals surface area contributed by atoms with Crippen molar-refractivity contribution < 1.29 is 24.2 Å². The predicted octanol–water partition coefficient (Wildman–Crippen LogP) is 11.3. The van der Waals surface area contributed by atoms with Crippen molar-refractivity contribution in [3.63, 3.8) is 0 Å². The van der Waals surface area contributed by atoms with Crippen molar-refractivity contribution in [3.05, 3.63) is 149 Å². The quantitative estimate of drug-likeness (QED) is 0.161. The summed E-state index contributed by atoms with van der Waals surface area (Å²) in [5.41, 5.74) is 12.7. The normalized spacial score (nSPS) is 14.3. The van der Waals surface area contributed by atoms with Crippen LogP contribution >= 0.6 is 24.8 Å². The molecule has 4 aromatic carbocycles. The van der Waals surface area contributed by atoms with Crippen LogP contribution in [-0.2, 0) is 41.5 Å². The van der Waals surface area contributed by atoms with Gasteiger partial charge in [0.1, 0.15) is 0 Å². The Morgan fingerprint density at radius 2 is 1.34 bits per heavy atom. The SMILES string of the molecule is CC(C)(C)c1[c-]c2c(cc1)-c1ccc(C(C)(C)C)cc1C2.CC1[C-]=CC(c2ccccc2)=C1.C[C](=[Zr+2])c1ccccc1.Cl.Cl. The topological polar surface area (TPSA) is 0 Å². The van der Waals surface area contributed by atoms with Gasteiger partial charge in [0.2, 0.25) is 0 Å². The molecule has 0 fully saturated rings. The average molecular weight is 701 g/mol. The summed E-state index contributed by atoms with van der Waals surface area (Å²) >= 11 is 1.51. The fourth-order valence-corrected chi connectivity index (χ4v) is 5.52. The van der Waals surface area contributed by atoms with E-state index in [0.717, 1.165) is 6.42 Å². The number of benzene rings is 4. The molecule has 0 saturated heterocycles. The number of hydrogen-bond donors (Lipinski definition) is 0. The largest absolute Gasteiger partial charge is 0.147 e. The molecule has 1 atom stereocenters. The van der Waals surface area contributed by atoms with Gasteiger partial charge in [-0.15, -0.1) is 41.5 Å². The smallest absolute Gasteiger partial charge is 0.147 e. The molecule has 0 spiro atoms. The van der Waals surface area contributed by atoms with Gasteiger partial charge in [-0.05, 0) is 28.4 Å². The molecule has 0 amide bonds. The van der Waals surface area contributed by atoms with Crippen molar-refractivity contribution in [1.82, 2.24) is 0 Å². The third-order valence-corrected chi connectivity index (χ3v) is 8.42. The third kappa shape index (κ3) is 10.1. The Morgan fingerprint density at radius 1 is 0.750 bits per heavy atom. The van der Waals surface area contributed by atoms with E-state index in [1.807, 2.05) is 12.1 Å². The number of fused-ring (bicyclic) bond motifs is 3. The van der Waals surface area contributed by atoms with Gasteiger partial charge in [-0.2, -0.15) is 35.4 Å². The summed E-state index contributed by atoms with van der Waals surface area (Å²) in [6.07, 6.45) is 8.58. The van der Waals surface area contributed by atoms with Gasteiger partial charge in [0.15, 0.2) is 0 Å². The fourth-order valence-electron chi connectivity index (χ4n) is 5.11. The molecule has 1 unspecified atom stereocenters. The molecule has 0 bridgehead atoms. The molecular weight excluding hydrogens is 655 g/mol. The third-order valence-electron chi connectivity index (χ3n) is 7.71. The maximum Gasteiger partial charge on any atom is -0.147 e. The average Bonchev–Trinajstić information content (AvgIpc) is 3.56. The van der Waals surface area contributed by atoms with Crippen LogP contribution in [0.2, 0.25) is 0 Å². The van der Waals surface area contributed by atoms with E-state index in [1.165, 1.54) is 77.5 Å². The van der Waals surface area contributed by atoms with Crippen LogP contribution in [0.1, 0.15) is 88.8 Å². The molecule has 0 aromatic heterocycles. The Balaban J connectivity index is 0.000000250. The number of allylic oxidation sites excluding steroid dienone is 4. The molecule has 2 aliphatic rings.